The summed E-state index contributed by atoms with van der Waals surface area (Å²) in [5, 5.41) is 7.53. The molecule has 2 aliphatic heterocycles. The number of carbonyl (C=O) groups excluding carboxylic acids is 1. The lowest BCUT2D eigenvalue weighted by Gasteiger charge is -2.26. The van der Waals surface area contributed by atoms with Gasteiger partial charge in [0.2, 0.25) is 0 Å². The molecule has 0 aliphatic carbocycles. The molecule has 0 aromatic carbocycles. The van der Waals surface area contributed by atoms with E-state index in [0.29, 0.717) is 23.4 Å². The van der Waals surface area contributed by atoms with Crippen molar-refractivity contribution in [2.75, 3.05) is 19.6 Å². The van der Waals surface area contributed by atoms with Crippen LogP contribution in [0, 0.1) is 11.8 Å². The largest absolute Gasteiger partial charge is 0.335 e. The van der Waals surface area contributed by atoms with E-state index >= 15 is 0 Å². The highest BCUT2D eigenvalue weighted by Gasteiger charge is 2.45. The second-order valence-electron chi connectivity index (χ2n) is 5.42. The maximum Gasteiger partial charge on any atom is 0.257 e. The third kappa shape index (κ3) is 1.73. The van der Waals surface area contributed by atoms with E-state index in [-0.39, 0.29) is 5.91 Å². The first-order valence-corrected chi connectivity index (χ1v) is 6.71. The standard InChI is InChI=1S/C13H20N4O/c1-3-12-11-6-14-4-9(11)8-17(12)13(18)10-5-15-16(2)7-10/h5,7,9,11-12,14H,3-4,6,8H2,1-2H3. The fourth-order valence-electron chi connectivity index (χ4n) is 3.48. The molecule has 1 N–H and O–H groups in total. The maximum atomic E-state index is 12.5. The van der Waals surface area contributed by atoms with Gasteiger partial charge in [-0.25, -0.2) is 0 Å². The predicted molar refractivity (Wildman–Crippen MR) is 68.2 cm³/mol. The van der Waals surface area contributed by atoms with Crippen LogP contribution in [0.15, 0.2) is 12.4 Å². The van der Waals surface area contributed by atoms with E-state index in [1.807, 2.05) is 7.05 Å². The molecule has 2 fully saturated rings. The van der Waals surface area contributed by atoms with Crippen molar-refractivity contribution in [1.29, 1.82) is 0 Å². The lowest BCUT2D eigenvalue weighted by molar-refractivity contribution is 0.0711. The summed E-state index contributed by atoms with van der Waals surface area (Å²) in [6, 6.07) is 0.387. The molecular weight excluding hydrogens is 228 g/mol. The van der Waals surface area contributed by atoms with Crippen LogP contribution >= 0.6 is 0 Å². The zero-order chi connectivity index (χ0) is 12.7. The van der Waals surface area contributed by atoms with Crippen LogP contribution in [0.5, 0.6) is 0 Å². The van der Waals surface area contributed by atoms with Crippen molar-refractivity contribution in [2.45, 2.75) is 19.4 Å². The zero-order valence-electron chi connectivity index (χ0n) is 11.0. The fraction of sp³-hybridized carbons (Fsp3) is 0.692. The molecule has 0 spiro atoms. The topological polar surface area (TPSA) is 50.2 Å². The highest BCUT2D eigenvalue weighted by molar-refractivity contribution is 5.94. The molecule has 3 unspecified atom stereocenters. The Kier molecular flexibility index (Phi) is 2.86. The number of rotatable bonds is 2. The van der Waals surface area contributed by atoms with Crippen LogP contribution in [0.3, 0.4) is 0 Å². The van der Waals surface area contributed by atoms with Crippen LogP contribution in [-0.2, 0) is 7.05 Å². The summed E-state index contributed by atoms with van der Waals surface area (Å²) in [6.07, 6.45) is 4.51. The van der Waals surface area contributed by atoms with Crippen LogP contribution in [0.2, 0.25) is 0 Å². The normalized spacial score (nSPS) is 30.8. The minimum atomic E-state index is 0.143. The van der Waals surface area contributed by atoms with Crippen molar-refractivity contribution < 1.29 is 4.79 Å². The van der Waals surface area contributed by atoms with Gasteiger partial charge in [-0.05, 0) is 18.3 Å². The lowest BCUT2D eigenvalue weighted by atomic mass is 9.93. The van der Waals surface area contributed by atoms with E-state index in [1.54, 1.807) is 17.1 Å². The molecule has 3 rings (SSSR count). The Balaban J connectivity index is 1.81. The van der Waals surface area contributed by atoms with Crippen LogP contribution < -0.4 is 5.32 Å². The molecule has 0 radical (unpaired) electrons. The highest BCUT2D eigenvalue weighted by atomic mass is 16.2. The molecule has 18 heavy (non-hydrogen) atoms. The van der Waals surface area contributed by atoms with Gasteiger partial charge in [-0.1, -0.05) is 6.92 Å². The van der Waals surface area contributed by atoms with Crippen LogP contribution in [-0.4, -0.2) is 46.3 Å². The molecule has 5 nitrogen and oxygen atoms in total. The number of hydrogen-bond donors (Lipinski definition) is 1. The van der Waals surface area contributed by atoms with Gasteiger partial charge in [-0.2, -0.15) is 5.10 Å². The SMILES string of the molecule is CCC1C2CNCC2CN1C(=O)c1cnn(C)c1. The fourth-order valence-corrected chi connectivity index (χ4v) is 3.48. The van der Waals surface area contributed by atoms with Gasteiger partial charge < -0.3 is 10.2 Å². The first kappa shape index (κ1) is 11.7. The average Bonchev–Trinajstić information content (AvgIpc) is 3.01. The molecule has 0 bridgehead atoms. The lowest BCUT2D eigenvalue weighted by Crippen LogP contribution is -2.39. The van der Waals surface area contributed by atoms with Crippen molar-refractivity contribution in [1.82, 2.24) is 20.0 Å². The Hall–Kier alpha value is -1.36. The van der Waals surface area contributed by atoms with Gasteiger partial charge in [-0.15, -0.1) is 0 Å². The van der Waals surface area contributed by atoms with Crippen molar-refractivity contribution in [2.24, 2.45) is 18.9 Å². The Morgan fingerprint density at radius 1 is 1.56 bits per heavy atom. The van der Waals surface area contributed by atoms with Gasteiger partial charge >= 0.3 is 0 Å². The summed E-state index contributed by atoms with van der Waals surface area (Å²) in [6.45, 7) is 5.18. The quantitative estimate of drug-likeness (QED) is 0.828. The molecule has 1 amide bonds. The van der Waals surface area contributed by atoms with Crippen LogP contribution in [0.1, 0.15) is 23.7 Å². The van der Waals surface area contributed by atoms with E-state index in [1.165, 1.54) is 0 Å². The van der Waals surface area contributed by atoms with Crippen LogP contribution in [0.4, 0.5) is 0 Å². The molecule has 0 saturated carbocycles. The smallest absolute Gasteiger partial charge is 0.257 e. The number of nitrogens with one attached hydrogen (secondary N) is 1. The van der Waals surface area contributed by atoms with Crippen molar-refractivity contribution in [3.05, 3.63) is 18.0 Å². The number of hydrogen-bond acceptors (Lipinski definition) is 3. The summed E-state index contributed by atoms with van der Waals surface area (Å²) in [5.74, 6) is 1.41. The van der Waals surface area contributed by atoms with E-state index in [2.05, 4.69) is 22.2 Å². The average molecular weight is 248 g/mol. The second kappa shape index (κ2) is 4.39. The highest BCUT2D eigenvalue weighted by Crippen LogP contribution is 2.34. The van der Waals surface area contributed by atoms with E-state index in [0.717, 1.165) is 26.1 Å². The molecule has 3 atom stereocenters. The third-order valence-electron chi connectivity index (χ3n) is 4.35. The molecule has 3 heterocycles. The van der Waals surface area contributed by atoms with Crippen LogP contribution in [0.25, 0.3) is 0 Å². The summed E-state index contributed by atoms with van der Waals surface area (Å²) in [7, 11) is 1.84. The third-order valence-corrected chi connectivity index (χ3v) is 4.35. The van der Waals surface area contributed by atoms with Crippen molar-refractivity contribution >= 4 is 5.91 Å². The molecule has 1 aromatic heterocycles. The van der Waals surface area contributed by atoms with Crippen molar-refractivity contribution in [3.63, 3.8) is 0 Å². The van der Waals surface area contributed by atoms with Gasteiger partial charge in [0.1, 0.15) is 0 Å². The maximum absolute atomic E-state index is 12.5. The number of nitrogens with zero attached hydrogens (tertiary/aromatic N) is 3. The van der Waals surface area contributed by atoms with E-state index in [9.17, 15) is 4.79 Å². The molecule has 5 heteroatoms. The van der Waals surface area contributed by atoms with E-state index < -0.39 is 0 Å². The number of likely N-dealkylation sites (tertiary alicyclic amines) is 1. The first-order valence-electron chi connectivity index (χ1n) is 6.71. The van der Waals surface area contributed by atoms with Crippen molar-refractivity contribution in [3.8, 4) is 0 Å². The molecule has 2 aliphatic rings. The zero-order valence-corrected chi connectivity index (χ0v) is 11.0. The molecule has 98 valence electrons. The number of amides is 1. The number of fused-ring (bicyclic) bond motifs is 1. The number of aromatic nitrogens is 2. The second-order valence-corrected chi connectivity index (χ2v) is 5.42. The molecule has 2 saturated heterocycles. The number of carbonyl (C=O) groups is 1. The Bertz CT molecular complexity index is 456. The molecule has 1 aromatic rings. The van der Waals surface area contributed by atoms with Gasteiger partial charge in [0.25, 0.3) is 5.91 Å². The monoisotopic (exact) mass is 248 g/mol. The molecular formula is C13H20N4O. The van der Waals surface area contributed by atoms with Gasteiger partial charge in [0, 0.05) is 38.9 Å². The summed E-state index contributed by atoms with van der Waals surface area (Å²) in [4.78, 5) is 14.6. The van der Waals surface area contributed by atoms with Gasteiger partial charge in [0.15, 0.2) is 0 Å². The summed E-state index contributed by atoms with van der Waals surface area (Å²) < 4.78 is 1.69. The summed E-state index contributed by atoms with van der Waals surface area (Å²) in [5.41, 5.74) is 0.712. The minimum Gasteiger partial charge on any atom is -0.335 e. The Morgan fingerprint density at radius 3 is 3.06 bits per heavy atom. The van der Waals surface area contributed by atoms with E-state index in [4.69, 9.17) is 0 Å². The predicted octanol–water partition coefficient (Wildman–Crippen LogP) is 0.490. The van der Waals surface area contributed by atoms with Gasteiger partial charge in [-0.3, -0.25) is 9.48 Å². The Labute approximate surface area is 107 Å². The number of aryl methyl sites for hydroxylation is 1. The minimum absolute atomic E-state index is 0.143. The Morgan fingerprint density at radius 2 is 2.39 bits per heavy atom. The first-order chi connectivity index (χ1) is 8.70. The van der Waals surface area contributed by atoms with Gasteiger partial charge in [0.05, 0.1) is 11.8 Å². The summed E-state index contributed by atoms with van der Waals surface area (Å²) >= 11 is 0.